The molecule has 0 aromatic heterocycles. The van der Waals surface area contributed by atoms with E-state index in [0.29, 0.717) is 18.4 Å². The lowest BCUT2D eigenvalue weighted by molar-refractivity contribution is 0.0386. The fourth-order valence-electron chi connectivity index (χ4n) is 2.58. The summed E-state index contributed by atoms with van der Waals surface area (Å²) >= 11 is 0. The van der Waals surface area contributed by atoms with Crippen molar-refractivity contribution in [3.63, 3.8) is 0 Å². The summed E-state index contributed by atoms with van der Waals surface area (Å²) in [7, 11) is 0. The number of aliphatic hydroxyl groups is 1. The van der Waals surface area contributed by atoms with Crippen LogP contribution in [0.5, 0.6) is 0 Å². The maximum absolute atomic E-state index is 10.2. The van der Waals surface area contributed by atoms with E-state index in [1.165, 1.54) is 5.56 Å². The second kappa shape index (κ2) is 7.66. The van der Waals surface area contributed by atoms with E-state index >= 15 is 0 Å². The molecule has 108 valence electrons. The third-order valence-corrected chi connectivity index (χ3v) is 3.48. The Morgan fingerprint density at radius 3 is 2.37 bits per heavy atom. The minimum Gasteiger partial charge on any atom is -0.389 e. The molecule has 0 bridgehead atoms. The van der Waals surface area contributed by atoms with Gasteiger partial charge in [0.15, 0.2) is 0 Å². The Kier molecular flexibility index (Phi) is 6.53. The van der Waals surface area contributed by atoms with Gasteiger partial charge in [0, 0.05) is 6.54 Å². The van der Waals surface area contributed by atoms with Gasteiger partial charge in [-0.25, -0.2) is 0 Å². The predicted molar refractivity (Wildman–Crippen MR) is 82.4 cm³/mol. The zero-order valence-electron chi connectivity index (χ0n) is 12.8. The van der Waals surface area contributed by atoms with Crippen LogP contribution in [0.4, 0.5) is 0 Å². The number of hydrogen-bond donors (Lipinski definition) is 2. The Bertz CT molecular complexity index is 346. The fraction of sp³-hybridized carbons (Fsp3) is 0.647. The molecule has 1 aromatic rings. The number of hydrogen-bond acceptors (Lipinski definition) is 2. The van der Waals surface area contributed by atoms with Crippen LogP contribution in [0.3, 0.4) is 0 Å². The predicted octanol–water partition coefficient (Wildman–Crippen LogP) is 3.57. The lowest BCUT2D eigenvalue weighted by atomic mass is 9.94. The summed E-state index contributed by atoms with van der Waals surface area (Å²) in [5, 5.41) is 13.6. The third-order valence-electron chi connectivity index (χ3n) is 3.48. The summed E-state index contributed by atoms with van der Waals surface area (Å²) in [4.78, 5) is 0. The Labute approximate surface area is 118 Å². The molecule has 19 heavy (non-hydrogen) atoms. The average molecular weight is 263 g/mol. The van der Waals surface area contributed by atoms with E-state index in [0.717, 1.165) is 19.4 Å². The number of benzene rings is 1. The summed E-state index contributed by atoms with van der Waals surface area (Å²) in [6, 6.07) is 10.6. The van der Waals surface area contributed by atoms with E-state index in [1.54, 1.807) is 0 Å². The van der Waals surface area contributed by atoms with Gasteiger partial charge in [-0.3, -0.25) is 0 Å². The smallest absolute Gasteiger partial charge is 0.0746 e. The van der Waals surface area contributed by atoms with Gasteiger partial charge in [0.25, 0.3) is 0 Å². The molecule has 2 unspecified atom stereocenters. The summed E-state index contributed by atoms with van der Waals surface area (Å²) in [6.45, 7) is 10.1. The molecule has 1 aromatic carbocycles. The van der Waals surface area contributed by atoms with Crippen molar-refractivity contribution in [1.82, 2.24) is 5.32 Å². The van der Waals surface area contributed by atoms with E-state index in [1.807, 2.05) is 6.92 Å². The van der Waals surface area contributed by atoms with Crippen LogP contribution in [0.2, 0.25) is 0 Å². The lowest BCUT2D eigenvalue weighted by Crippen LogP contribution is -2.39. The molecule has 0 saturated carbocycles. The van der Waals surface area contributed by atoms with Gasteiger partial charge in [-0.2, -0.15) is 0 Å². The Hall–Kier alpha value is -0.860. The molecule has 2 nitrogen and oxygen atoms in total. The highest BCUT2D eigenvalue weighted by atomic mass is 16.3. The minimum absolute atomic E-state index is 0.528. The molecule has 0 fully saturated rings. The highest BCUT2D eigenvalue weighted by molar-refractivity contribution is 5.18. The van der Waals surface area contributed by atoms with E-state index in [4.69, 9.17) is 0 Å². The topological polar surface area (TPSA) is 32.3 Å². The van der Waals surface area contributed by atoms with Gasteiger partial charge in [0.2, 0.25) is 0 Å². The van der Waals surface area contributed by atoms with E-state index in [2.05, 4.69) is 56.4 Å². The molecule has 0 aliphatic carbocycles. The zero-order chi connectivity index (χ0) is 14.3. The highest BCUT2D eigenvalue weighted by Crippen LogP contribution is 2.18. The molecule has 0 spiro atoms. The van der Waals surface area contributed by atoms with Crippen molar-refractivity contribution >= 4 is 0 Å². The maximum atomic E-state index is 10.2. The van der Waals surface area contributed by atoms with Gasteiger partial charge in [-0.1, -0.05) is 51.1 Å². The number of nitrogens with one attached hydrogen (secondary N) is 1. The Morgan fingerprint density at radius 2 is 1.79 bits per heavy atom. The maximum Gasteiger partial charge on any atom is 0.0746 e. The molecule has 0 amide bonds. The summed E-state index contributed by atoms with van der Waals surface area (Å²) in [5.74, 6) is 1.09. The van der Waals surface area contributed by atoms with Crippen molar-refractivity contribution < 1.29 is 5.11 Å². The molecule has 0 aliphatic rings. The van der Waals surface area contributed by atoms with Gasteiger partial charge < -0.3 is 10.4 Å². The van der Waals surface area contributed by atoms with Crippen LogP contribution >= 0.6 is 0 Å². The number of rotatable bonds is 8. The summed E-state index contributed by atoms with van der Waals surface area (Å²) in [5.41, 5.74) is 0.794. The lowest BCUT2D eigenvalue weighted by Gasteiger charge is -2.26. The van der Waals surface area contributed by atoms with Gasteiger partial charge >= 0.3 is 0 Å². The summed E-state index contributed by atoms with van der Waals surface area (Å²) in [6.07, 6.45) is 1.94. The van der Waals surface area contributed by atoms with Crippen molar-refractivity contribution in [2.24, 2.45) is 5.92 Å². The highest BCUT2D eigenvalue weighted by Gasteiger charge is 2.21. The van der Waals surface area contributed by atoms with Crippen molar-refractivity contribution in [2.75, 3.05) is 13.1 Å². The molecule has 2 atom stereocenters. The Balaban J connectivity index is 2.24. The SMILES string of the molecule is CC(C)CC(C)(O)CNCCC(C)c1ccccc1. The van der Waals surface area contributed by atoms with Crippen molar-refractivity contribution in [3.05, 3.63) is 35.9 Å². The van der Waals surface area contributed by atoms with E-state index in [9.17, 15) is 5.11 Å². The van der Waals surface area contributed by atoms with Crippen LogP contribution in [0, 0.1) is 5.92 Å². The molecular weight excluding hydrogens is 234 g/mol. The molecule has 2 N–H and O–H groups in total. The first-order chi connectivity index (χ1) is 8.91. The molecule has 0 heterocycles. The zero-order valence-corrected chi connectivity index (χ0v) is 12.8. The monoisotopic (exact) mass is 263 g/mol. The van der Waals surface area contributed by atoms with Gasteiger partial charge in [0.1, 0.15) is 0 Å². The van der Waals surface area contributed by atoms with Gasteiger partial charge in [-0.05, 0) is 43.7 Å². The quantitative estimate of drug-likeness (QED) is 0.703. The molecule has 2 heteroatoms. The molecule has 1 rings (SSSR count). The van der Waals surface area contributed by atoms with E-state index in [-0.39, 0.29) is 0 Å². The van der Waals surface area contributed by atoms with Crippen LogP contribution < -0.4 is 5.32 Å². The van der Waals surface area contributed by atoms with Crippen molar-refractivity contribution in [2.45, 2.75) is 52.1 Å². The first-order valence-corrected chi connectivity index (χ1v) is 7.39. The largest absolute Gasteiger partial charge is 0.389 e. The normalized spacial score (nSPS) is 16.3. The van der Waals surface area contributed by atoms with Crippen LogP contribution in [0.1, 0.15) is 52.0 Å². The van der Waals surface area contributed by atoms with Crippen molar-refractivity contribution in [3.8, 4) is 0 Å². The summed E-state index contributed by atoms with van der Waals surface area (Å²) < 4.78 is 0. The molecule has 0 aliphatic heterocycles. The molecule has 0 radical (unpaired) electrons. The van der Waals surface area contributed by atoms with Crippen LogP contribution in [0.25, 0.3) is 0 Å². The van der Waals surface area contributed by atoms with Crippen LogP contribution in [-0.4, -0.2) is 23.8 Å². The third kappa shape index (κ3) is 6.74. The van der Waals surface area contributed by atoms with Gasteiger partial charge in [0.05, 0.1) is 5.60 Å². The fourth-order valence-corrected chi connectivity index (χ4v) is 2.58. The Morgan fingerprint density at radius 1 is 1.16 bits per heavy atom. The van der Waals surface area contributed by atoms with E-state index < -0.39 is 5.60 Å². The van der Waals surface area contributed by atoms with Crippen LogP contribution in [-0.2, 0) is 0 Å². The first-order valence-electron chi connectivity index (χ1n) is 7.39. The van der Waals surface area contributed by atoms with Crippen LogP contribution in [0.15, 0.2) is 30.3 Å². The van der Waals surface area contributed by atoms with Gasteiger partial charge in [-0.15, -0.1) is 0 Å². The first kappa shape index (κ1) is 16.2. The molecular formula is C17H29NO. The second-order valence-corrected chi connectivity index (χ2v) is 6.37. The second-order valence-electron chi connectivity index (χ2n) is 6.37. The average Bonchev–Trinajstić information content (AvgIpc) is 2.34. The minimum atomic E-state index is -0.593. The molecule has 0 saturated heterocycles. The standard InChI is InChI=1S/C17H29NO/c1-14(2)12-17(4,19)13-18-11-10-15(3)16-8-6-5-7-9-16/h5-9,14-15,18-19H,10-13H2,1-4H3. The van der Waals surface area contributed by atoms with Crippen molar-refractivity contribution in [1.29, 1.82) is 0 Å².